The molecule has 1 aliphatic rings. The molecule has 5 heteroatoms. The molecule has 0 aliphatic carbocycles. The summed E-state index contributed by atoms with van der Waals surface area (Å²) in [5, 5.41) is 15.1. The molecule has 1 aromatic rings. The van der Waals surface area contributed by atoms with Crippen molar-refractivity contribution >= 4 is 11.9 Å². The zero-order valence-corrected chi connectivity index (χ0v) is 12.0. The molecule has 0 bridgehead atoms. The van der Waals surface area contributed by atoms with E-state index in [1.54, 1.807) is 0 Å². The quantitative estimate of drug-likeness (QED) is 0.764. The van der Waals surface area contributed by atoms with Crippen LogP contribution in [0.1, 0.15) is 31.2 Å². The third-order valence-electron chi connectivity index (χ3n) is 3.77. The SMILES string of the molecule is O=C(O)C(Cc1ccccc1)NC(=O)C1CCCCCN1. The lowest BCUT2D eigenvalue weighted by Gasteiger charge is -2.20. The van der Waals surface area contributed by atoms with Gasteiger partial charge in [0.1, 0.15) is 6.04 Å². The summed E-state index contributed by atoms with van der Waals surface area (Å²) in [7, 11) is 0. The average molecular weight is 290 g/mol. The molecule has 1 aliphatic heterocycles. The number of carbonyl (C=O) groups excluding carboxylic acids is 1. The standard InChI is InChI=1S/C16H22N2O3/c19-15(13-9-5-2-6-10-17-13)18-14(16(20)21)11-12-7-3-1-4-8-12/h1,3-4,7-8,13-14,17H,2,5-6,9-11H2,(H,18,19)(H,20,21). The van der Waals surface area contributed by atoms with Crippen molar-refractivity contribution in [3.63, 3.8) is 0 Å². The zero-order valence-electron chi connectivity index (χ0n) is 12.0. The molecule has 1 fully saturated rings. The number of benzene rings is 1. The maximum Gasteiger partial charge on any atom is 0.326 e. The normalized spacial score (nSPS) is 20.3. The Morgan fingerprint density at radius 3 is 2.71 bits per heavy atom. The molecule has 21 heavy (non-hydrogen) atoms. The molecular formula is C16H22N2O3. The van der Waals surface area contributed by atoms with Crippen molar-refractivity contribution in [2.45, 2.75) is 44.2 Å². The van der Waals surface area contributed by atoms with E-state index in [1.807, 2.05) is 30.3 Å². The van der Waals surface area contributed by atoms with Gasteiger partial charge in [0.05, 0.1) is 6.04 Å². The fraction of sp³-hybridized carbons (Fsp3) is 0.500. The van der Waals surface area contributed by atoms with Gasteiger partial charge >= 0.3 is 5.97 Å². The predicted molar refractivity (Wildman–Crippen MR) is 80.0 cm³/mol. The van der Waals surface area contributed by atoms with E-state index in [-0.39, 0.29) is 11.9 Å². The van der Waals surface area contributed by atoms with Gasteiger partial charge in [0.25, 0.3) is 0 Å². The first-order chi connectivity index (χ1) is 10.2. The monoisotopic (exact) mass is 290 g/mol. The van der Waals surface area contributed by atoms with Gasteiger partial charge in [-0.05, 0) is 24.9 Å². The first kappa shape index (κ1) is 15.5. The van der Waals surface area contributed by atoms with Crippen molar-refractivity contribution < 1.29 is 14.7 Å². The lowest BCUT2D eigenvalue weighted by molar-refractivity contribution is -0.142. The Balaban J connectivity index is 1.95. The highest BCUT2D eigenvalue weighted by Gasteiger charge is 2.25. The summed E-state index contributed by atoms with van der Waals surface area (Å²) in [4.78, 5) is 23.6. The second-order valence-corrected chi connectivity index (χ2v) is 5.45. The molecule has 3 N–H and O–H groups in total. The molecule has 1 heterocycles. The van der Waals surface area contributed by atoms with Gasteiger partial charge in [0, 0.05) is 6.42 Å². The van der Waals surface area contributed by atoms with E-state index in [1.165, 1.54) is 0 Å². The van der Waals surface area contributed by atoms with Crippen molar-refractivity contribution in [3.8, 4) is 0 Å². The van der Waals surface area contributed by atoms with Crippen molar-refractivity contribution in [1.29, 1.82) is 0 Å². The van der Waals surface area contributed by atoms with Crippen LogP contribution in [0.25, 0.3) is 0 Å². The first-order valence-corrected chi connectivity index (χ1v) is 7.47. The van der Waals surface area contributed by atoms with Crippen LogP contribution < -0.4 is 10.6 Å². The van der Waals surface area contributed by atoms with E-state index < -0.39 is 12.0 Å². The molecule has 2 atom stereocenters. The van der Waals surface area contributed by atoms with Crippen LogP contribution in [0.15, 0.2) is 30.3 Å². The summed E-state index contributed by atoms with van der Waals surface area (Å²) in [6.07, 6.45) is 4.25. The van der Waals surface area contributed by atoms with E-state index in [2.05, 4.69) is 10.6 Å². The summed E-state index contributed by atoms with van der Waals surface area (Å²) >= 11 is 0. The number of hydrogen-bond acceptors (Lipinski definition) is 3. The zero-order chi connectivity index (χ0) is 15.1. The number of nitrogens with one attached hydrogen (secondary N) is 2. The number of aliphatic carboxylic acids is 1. The smallest absolute Gasteiger partial charge is 0.326 e. The second kappa shape index (κ2) is 7.78. The highest BCUT2D eigenvalue weighted by Crippen LogP contribution is 2.09. The van der Waals surface area contributed by atoms with Crippen molar-refractivity contribution in [1.82, 2.24) is 10.6 Å². The minimum absolute atomic E-state index is 0.208. The van der Waals surface area contributed by atoms with Crippen molar-refractivity contribution in [2.75, 3.05) is 6.54 Å². The minimum atomic E-state index is -0.999. The van der Waals surface area contributed by atoms with E-state index in [4.69, 9.17) is 0 Å². The topological polar surface area (TPSA) is 78.4 Å². The predicted octanol–water partition coefficient (Wildman–Crippen LogP) is 1.33. The van der Waals surface area contributed by atoms with Gasteiger partial charge in [-0.1, -0.05) is 43.2 Å². The van der Waals surface area contributed by atoms with Crippen LogP contribution in [0.5, 0.6) is 0 Å². The lowest BCUT2D eigenvalue weighted by atomic mass is 10.0. The molecule has 0 radical (unpaired) electrons. The summed E-state index contributed by atoms with van der Waals surface area (Å²) < 4.78 is 0. The van der Waals surface area contributed by atoms with Gasteiger partial charge in [-0.25, -0.2) is 4.79 Å². The van der Waals surface area contributed by atoms with E-state index in [0.717, 1.165) is 37.8 Å². The number of amides is 1. The Bertz CT molecular complexity index is 468. The molecule has 1 amide bonds. The Hall–Kier alpha value is -1.88. The number of hydrogen-bond donors (Lipinski definition) is 3. The Kier molecular flexibility index (Phi) is 5.75. The molecule has 2 unspecified atom stereocenters. The van der Waals surface area contributed by atoms with E-state index >= 15 is 0 Å². The average Bonchev–Trinajstić information content (AvgIpc) is 2.76. The van der Waals surface area contributed by atoms with Gasteiger partial charge in [-0.15, -0.1) is 0 Å². The molecule has 1 saturated heterocycles. The molecule has 2 rings (SSSR count). The molecule has 0 saturated carbocycles. The van der Waals surface area contributed by atoms with Crippen LogP contribution in [0.3, 0.4) is 0 Å². The van der Waals surface area contributed by atoms with Crippen LogP contribution in [-0.4, -0.2) is 35.6 Å². The van der Waals surface area contributed by atoms with Gasteiger partial charge < -0.3 is 15.7 Å². The van der Waals surface area contributed by atoms with Crippen molar-refractivity contribution in [3.05, 3.63) is 35.9 Å². The van der Waals surface area contributed by atoms with Gasteiger partial charge in [0.2, 0.25) is 5.91 Å². The highest BCUT2D eigenvalue weighted by molar-refractivity contribution is 5.87. The van der Waals surface area contributed by atoms with Gasteiger partial charge in [-0.3, -0.25) is 4.79 Å². The van der Waals surface area contributed by atoms with Gasteiger partial charge in [-0.2, -0.15) is 0 Å². The van der Waals surface area contributed by atoms with Crippen LogP contribution in [-0.2, 0) is 16.0 Å². The molecule has 1 aromatic carbocycles. The summed E-state index contributed by atoms with van der Waals surface area (Å²) in [5.41, 5.74) is 0.902. The molecule has 114 valence electrons. The van der Waals surface area contributed by atoms with E-state index in [0.29, 0.717) is 6.42 Å². The maximum atomic E-state index is 12.2. The Morgan fingerprint density at radius 1 is 1.24 bits per heavy atom. The number of carbonyl (C=O) groups is 2. The number of carboxylic acid groups (broad SMARTS) is 1. The Morgan fingerprint density at radius 2 is 2.00 bits per heavy atom. The molecular weight excluding hydrogens is 268 g/mol. The minimum Gasteiger partial charge on any atom is -0.480 e. The number of carboxylic acids is 1. The maximum absolute atomic E-state index is 12.2. The Labute approximate surface area is 124 Å². The van der Waals surface area contributed by atoms with E-state index in [9.17, 15) is 14.7 Å². The van der Waals surface area contributed by atoms with Crippen LogP contribution in [0, 0.1) is 0 Å². The summed E-state index contributed by atoms with van der Waals surface area (Å²) in [5.74, 6) is -1.21. The molecule has 0 spiro atoms. The molecule has 5 nitrogen and oxygen atoms in total. The largest absolute Gasteiger partial charge is 0.480 e. The first-order valence-electron chi connectivity index (χ1n) is 7.47. The lowest BCUT2D eigenvalue weighted by Crippen LogP contribution is -2.50. The van der Waals surface area contributed by atoms with Crippen LogP contribution in [0.2, 0.25) is 0 Å². The third kappa shape index (κ3) is 4.86. The second-order valence-electron chi connectivity index (χ2n) is 5.45. The fourth-order valence-electron chi connectivity index (χ4n) is 2.57. The third-order valence-corrected chi connectivity index (χ3v) is 3.77. The van der Waals surface area contributed by atoms with Gasteiger partial charge in [0.15, 0.2) is 0 Å². The molecule has 0 aromatic heterocycles. The summed E-state index contributed by atoms with van der Waals surface area (Å²) in [6, 6.07) is 8.19. The van der Waals surface area contributed by atoms with Crippen LogP contribution in [0.4, 0.5) is 0 Å². The summed E-state index contributed by atoms with van der Waals surface area (Å²) in [6.45, 7) is 0.814. The highest BCUT2D eigenvalue weighted by atomic mass is 16.4. The fourth-order valence-corrected chi connectivity index (χ4v) is 2.57. The van der Waals surface area contributed by atoms with Crippen molar-refractivity contribution in [2.24, 2.45) is 0 Å². The number of rotatable bonds is 5. The van der Waals surface area contributed by atoms with Crippen LogP contribution >= 0.6 is 0 Å².